The predicted octanol–water partition coefficient (Wildman–Crippen LogP) is 4.54. The molecule has 0 bridgehead atoms. The highest BCUT2D eigenvalue weighted by atomic mass is 19.1. The van der Waals surface area contributed by atoms with Crippen molar-refractivity contribution in [1.82, 2.24) is 0 Å². The van der Waals surface area contributed by atoms with Crippen LogP contribution in [0.5, 0.6) is 5.75 Å². The SMILES string of the molecule is CCOc1ccccc1C(C)Nc1cc(F)ccc1F. The van der Waals surface area contributed by atoms with E-state index in [1.165, 1.54) is 0 Å². The number of rotatable bonds is 5. The maximum absolute atomic E-state index is 13.6. The first-order valence-corrected chi connectivity index (χ1v) is 6.55. The third-order valence-corrected chi connectivity index (χ3v) is 2.99. The van der Waals surface area contributed by atoms with Crippen molar-refractivity contribution in [3.8, 4) is 5.75 Å². The molecule has 0 saturated carbocycles. The van der Waals surface area contributed by atoms with Crippen LogP contribution in [0, 0.1) is 11.6 Å². The highest BCUT2D eigenvalue weighted by Crippen LogP contribution is 2.28. The second kappa shape index (κ2) is 6.37. The highest BCUT2D eigenvalue weighted by molar-refractivity contribution is 5.49. The molecule has 0 aliphatic heterocycles. The molecule has 1 N–H and O–H groups in total. The zero-order chi connectivity index (χ0) is 14.5. The van der Waals surface area contributed by atoms with Gasteiger partial charge in [0.05, 0.1) is 18.3 Å². The maximum atomic E-state index is 13.6. The minimum atomic E-state index is -0.479. The smallest absolute Gasteiger partial charge is 0.146 e. The molecule has 1 unspecified atom stereocenters. The Hall–Kier alpha value is -2.10. The topological polar surface area (TPSA) is 21.3 Å². The first kappa shape index (κ1) is 14.3. The van der Waals surface area contributed by atoms with E-state index in [-0.39, 0.29) is 11.7 Å². The molecule has 0 amide bonds. The summed E-state index contributed by atoms with van der Waals surface area (Å²) in [4.78, 5) is 0. The monoisotopic (exact) mass is 277 g/mol. The minimum absolute atomic E-state index is 0.142. The van der Waals surface area contributed by atoms with E-state index in [2.05, 4.69) is 5.32 Å². The summed E-state index contributed by atoms with van der Waals surface area (Å²) in [6.45, 7) is 4.33. The van der Waals surface area contributed by atoms with E-state index in [1.807, 2.05) is 38.1 Å². The number of nitrogens with one attached hydrogen (secondary N) is 1. The maximum Gasteiger partial charge on any atom is 0.146 e. The van der Waals surface area contributed by atoms with Crippen LogP contribution in [0.4, 0.5) is 14.5 Å². The lowest BCUT2D eigenvalue weighted by Crippen LogP contribution is -2.10. The van der Waals surface area contributed by atoms with E-state index in [4.69, 9.17) is 4.74 Å². The lowest BCUT2D eigenvalue weighted by Gasteiger charge is -2.19. The van der Waals surface area contributed by atoms with Crippen molar-refractivity contribution >= 4 is 5.69 Å². The number of benzene rings is 2. The summed E-state index contributed by atoms with van der Waals surface area (Å²) in [6.07, 6.45) is 0. The van der Waals surface area contributed by atoms with Crippen molar-refractivity contribution in [3.63, 3.8) is 0 Å². The van der Waals surface area contributed by atoms with Gasteiger partial charge >= 0.3 is 0 Å². The van der Waals surface area contributed by atoms with Crippen LogP contribution in [0.2, 0.25) is 0 Å². The molecule has 106 valence electrons. The molecule has 2 aromatic rings. The molecule has 2 rings (SSSR count). The molecule has 2 nitrogen and oxygen atoms in total. The van der Waals surface area contributed by atoms with Crippen LogP contribution in [0.1, 0.15) is 25.5 Å². The Morgan fingerprint density at radius 2 is 1.90 bits per heavy atom. The number of hydrogen-bond donors (Lipinski definition) is 1. The number of hydrogen-bond acceptors (Lipinski definition) is 2. The van der Waals surface area contributed by atoms with Crippen molar-refractivity contribution < 1.29 is 13.5 Å². The van der Waals surface area contributed by atoms with Gasteiger partial charge in [-0.05, 0) is 38.1 Å². The molecule has 0 aromatic heterocycles. The van der Waals surface area contributed by atoms with E-state index in [9.17, 15) is 8.78 Å². The minimum Gasteiger partial charge on any atom is -0.494 e. The normalized spacial score (nSPS) is 12.0. The zero-order valence-corrected chi connectivity index (χ0v) is 11.5. The van der Waals surface area contributed by atoms with Crippen LogP contribution in [-0.4, -0.2) is 6.61 Å². The second-order valence-electron chi connectivity index (χ2n) is 4.46. The van der Waals surface area contributed by atoms with Crippen molar-refractivity contribution in [1.29, 1.82) is 0 Å². The van der Waals surface area contributed by atoms with Gasteiger partial charge in [-0.3, -0.25) is 0 Å². The van der Waals surface area contributed by atoms with Crippen molar-refractivity contribution in [2.45, 2.75) is 19.9 Å². The highest BCUT2D eigenvalue weighted by Gasteiger charge is 2.13. The van der Waals surface area contributed by atoms with Crippen molar-refractivity contribution in [2.75, 3.05) is 11.9 Å². The second-order valence-corrected chi connectivity index (χ2v) is 4.46. The zero-order valence-electron chi connectivity index (χ0n) is 11.5. The molecule has 20 heavy (non-hydrogen) atoms. The standard InChI is InChI=1S/C16H17F2NO/c1-3-20-16-7-5-4-6-13(16)11(2)19-15-10-12(17)8-9-14(15)18/h4-11,19H,3H2,1-2H3. The Labute approximate surface area is 117 Å². The molecule has 0 saturated heterocycles. The molecule has 0 aliphatic rings. The van der Waals surface area contributed by atoms with Crippen molar-refractivity contribution in [2.24, 2.45) is 0 Å². The molecule has 1 atom stereocenters. The van der Waals surface area contributed by atoms with Gasteiger partial charge in [-0.15, -0.1) is 0 Å². The largest absolute Gasteiger partial charge is 0.494 e. The van der Waals surface area contributed by atoms with Crippen molar-refractivity contribution in [3.05, 3.63) is 59.7 Å². The molecule has 0 radical (unpaired) electrons. The Balaban J connectivity index is 2.23. The van der Waals surface area contributed by atoms with E-state index < -0.39 is 11.6 Å². The van der Waals surface area contributed by atoms with E-state index >= 15 is 0 Å². The van der Waals surface area contributed by atoms with Gasteiger partial charge in [0, 0.05) is 5.56 Å². The van der Waals surface area contributed by atoms with Crippen LogP contribution in [0.15, 0.2) is 42.5 Å². The lowest BCUT2D eigenvalue weighted by atomic mass is 10.1. The summed E-state index contributed by atoms with van der Waals surface area (Å²) in [6, 6.07) is 10.7. The molecule has 0 fully saturated rings. The molecule has 4 heteroatoms. The average Bonchev–Trinajstić information content (AvgIpc) is 2.44. The van der Waals surface area contributed by atoms with Gasteiger partial charge in [-0.2, -0.15) is 0 Å². The third-order valence-electron chi connectivity index (χ3n) is 2.99. The molecule has 0 spiro atoms. The van der Waals surface area contributed by atoms with Crippen LogP contribution < -0.4 is 10.1 Å². The molecular weight excluding hydrogens is 260 g/mol. The van der Waals surface area contributed by atoms with Crippen LogP contribution in [-0.2, 0) is 0 Å². The fraction of sp³-hybridized carbons (Fsp3) is 0.250. The quantitative estimate of drug-likeness (QED) is 0.866. The van der Waals surface area contributed by atoms with Gasteiger partial charge in [-0.1, -0.05) is 18.2 Å². The van der Waals surface area contributed by atoms with Crippen LogP contribution in [0.25, 0.3) is 0 Å². The Morgan fingerprint density at radius 1 is 1.15 bits per heavy atom. The summed E-state index contributed by atoms with van der Waals surface area (Å²) in [5.74, 6) is -0.210. The van der Waals surface area contributed by atoms with Gasteiger partial charge in [0.25, 0.3) is 0 Å². The number of para-hydroxylation sites is 1. The Kier molecular flexibility index (Phi) is 4.56. The first-order valence-electron chi connectivity index (χ1n) is 6.55. The fourth-order valence-corrected chi connectivity index (χ4v) is 2.04. The summed E-state index contributed by atoms with van der Waals surface area (Å²) < 4.78 is 32.3. The van der Waals surface area contributed by atoms with Gasteiger partial charge in [-0.25, -0.2) is 8.78 Å². The number of halogens is 2. The van der Waals surface area contributed by atoms with Crippen LogP contribution in [0.3, 0.4) is 0 Å². The molecular formula is C16H17F2NO. The number of ether oxygens (including phenoxy) is 1. The lowest BCUT2D eigenvalue weighted by molar-refractivity contribution is 0.335. The van der Waals surface area contributed by atoms with E-state index in [0.29, 0.717) is 6.61 Å². The van der Waals surface area contributed by atoms with E-state index in [0.717, 1.165) is 29.5 Å². The summed E-state index contributed by atoms with van der Waals surface area (Å²) in [5, 5.41) is 2.97. The molecule has 0 aliphatic carbocycles. The van der Waals surface area contributed by atoms with Gasteiger partial charge in [0.2, 0.25) is 0 Å². The summed E-state index contributed by atoms with van der Waals surface area (Å²) >= 11 is 0. The molecule has 2 aromatic carbocycles. The average molecular weight is 277 g/mol. The van der Waals surface area contributed by atoms with Crippen LogP contribution >= 0.6 is 0 Å². The Morgan fingerprint density at radius 3 is 2.65 bits per heavy atom. The van der Waals surface area contributed by atoms with Gasteiger partial charge in [0.1, 0.15) is 17.4 Å². The predicted molar refractivity (Wildman–Crippen MR) is 76.0 cm³/mol. The van der Waals surface area contributed by atoms with Gasteiger partial charge in [0.15, 0.2) is 0 Å². The number of anilines is 1. The Bertz CT molecular complexity index is 586. The summed E-state index contributed by atoms with van der Waals surface area (Å²) in [5.41, 5.74) is 1.04. The fourth-order valence-electron chi connectivity index (χ4n) is 2.04. The molecule has 0 heterocycles. The third kappa shape index (κ3) is 3.26. The summed E-state index contributed by atoms with van der Waals surface area (Å²) in [7, 11) is 0. The first-order chi connectivity index (χ1) is 9.61. The van der Waals surface area contributed by atoms with Gasteiger partial charge < -0.3 is 10.1 Å². The van der Waals surface area contributed by atoms with E-state index in [1.54, 1.807) is 0 Å².